The van der Waals surface area contributed by atoms with E-state index < -0.39 is 0 Å². The lowest BCUT2D eigenvalue weighted by atomic mass is 9.82. The van der Waals surface area contributed by atoms with Crippen LogP contribution >= 0.6 is 0 Å². The number of hydrogen-bond acceptors (Lipinski definition) is 2. The molecule has 1 aliphatic carbocycles. The Morgan fingerprint density at radius 1 is 1.06 bits per heavy atom. The number of amides is 1. The van der Waals surface area contributed by atoms with Gasteiger partial charge in [0, 0.05) is 12.0 Å². The van der Waals surface area contributed by atoms with E-state index >= 15 is 0 Å². The third kappa shape index (κ3) is 3.70. The monoisotopic (exact) mass is 238 g/mol. The van der Waals surface area contributed by atoms with Gasteiger partial charge in [0.05, 0.1) is 0 Å². The second kappa shape index (κ2) is 5.85. The number of piperidine rings is 1. The summed E-state index contributed by atoms with van der Waals surface area (Å²) in [5, 5.41) is 3.26. The van der Waals surface area contributed by atoms with Crippen LogP contribution in [0.3, 0.4) is 0 Å². The van der Waals surface area contributed by atoms with Crippen molar-refractivity contribution in [1.82, 2.24) is 10.2 Å². The van der Waals surface area contributed by atoms with E-state index in [-0.39, 0.29) is 0 Å². The minimum absolute atomic E-state index is 0.297. The summed E-state index contributed by atoms with van der Waals surface area (Å²) in [4.78, 5) is 14.5. The molecule has 0 aromatic carbocycles. The lowest BCUT2D eigenvalue weighted by molar-refractivity contribution is -0.127. The van der Waals surface area contributed by atoms with E-state index in [2.05, 4.69) is 24.2 Å². The third-order valence-electron chi connectivity index (χ3n) is 4.45. The number of carbonyl (C=O) groups excluding carboxylic acids is 1. The zero-order chi connectivity index (χ0) is 12.3. The van der Waals surface area contributed by atoms with Crippen molar-refractivity contribution in [3.63, 3.8) is 0 Å². The minimum Gasteiger partial charge on any atom is -0.353 e. The molecule has 1 saturated heterocycles. The maximum absolute atomic E-state index is 12.1. The van der Waals surface area contributed by atoms with Gasteiger partial charge in [-0.25, -0.2) is 0 Å². The van der Waals surface area contributed by atoms with Gasteiger partial charge >= 0.3 is 0 Å². The van der Waals surface area contributed by atoms with Gasteiger partial charge in [-0.1, -0.05) is 6.92 Å². The lowest BCUT2D eigenvalue weighted by Crippen LogP contribution is -2.45. The normalized spacial score (nSPS) is 32.4. The molecule has 0 spiro atoms. The molecule has 0 aromatic heterocycles. The molecule has 1 heterocycles. The molecule has 0 atom stereocenters. The number of likely N-dealkylation sites (tertiary alicyclic amines) is 1. The van der Waals surface area contributed by atoms with Crippen molar-refractivity contribution < 1.29 is 4.79 Å². The van der Waals surface area contributed by atoms with Crippen molar-refractivity contribution in [3.05, 3.63) is 0 Å². The van der Waals surface area contributed by atoms with Gasteiger partial charge in [-0.2, -0.15) is 0 Å². The maximum atomic E-state index is 12.1. The van der Waals surface area contributed by atoms with Gasteiger partial charge < -0.3 is 10.2 Å². The van der Waals surface area contributed by atoms with E-state index in [1.165, 1.54) is 12.8 Å². The van der Waals surface area contributed by atoms with Gasteiger partial charge in [-0.05, 0) is 64.6 Å². The Hall–Kier alpha value is -0.570. The van der Waals surface area contributed by atoms with E-state index in [1.54, 1.807) is 0 Å². The van der Waals surface area contributed by atoms with Crippen molar-refractivity contribution >= 4 is 5.91 Å². The number of nitrogens with zero attached hydrogens (tertiary/aromatic N) is 1. The fourth-order valence-corrected chi connectivity index (χ4v) is 2.99. The summed E-state index contributed by atoms with van der Waals surface area (Å²) in [6.07, 6.45) is 6.88. The van der Waals surface area contributed by atoms with Crippen LogP contribution in [0.25, 0.3) is 0 Å². The zero-order valence-electron chi connectivity index (χ0n) is 11.2. The third-order valence-corrected chi connectivity index (χ3v) is 4.45. The van der Waals surface area contributed by atoms with Gasteiger partial charge in [0.25, 0.3) is 0 Å². The van der Waals surface area contributed by atoms with E-state index in [0.29, 0.717) is 17.9 Å². The molecule has 2 aliphatic rings. The first-order chi connectivity index (χ1) is 8.15. The van der Waals surface area contributed by atoms with Gasteiger partial charge in [-0.3, -0.25) is 4.79 Å². The van der Waals surface area contributed by atoms with E-state index in [4.69, 9.17) is 0 Å². The van der Waals surface area contributed by atoms with Crippen LogP contribution in [-0.2, 0) is 4.79 Å². The van der Waals surface area contributed by atoms with Crippen LogP contribution in [0.4, 0.5) is 0 Å². The van der Waals surface area contributed by atoms with Crippen molar-refractivity contribution in [2.45, 2.75) is 51.5 Å². The summed E-state index contributed by atoms with van der Waals surface area (Å²) in [7, 11) is 2.15. The topological polar surface area (TPSA) is 32.3 Å². The van der Waals surface area contributed by atoms with Crippen LogP contribution in [0.5, 0.6) is 0 Å². The molecule has 17 heavy (non-hydrogen) atoms. The molecule has 0 bridgehead atoms. The molecule has 3 heteroatoms. The maximum Gasteiger partial charge on any atom is 0.223 e. The van der Waals surface area contributed by atoms with Gasteiger partial charge in [0.2, 0.25) is 5.91 Å². The molecule has 1 N–H and O–H groups in total. The Morgan fingerprint density at radius 2 is 1.65 bits per heavy atom. The summed E-state index contributed by atoms with van der Waals surface area (Å²) < 4.78 is 0. The van der Waals surface area contributed by atoms with Crippen molar-refractivity contribution in [2.24, 2.45) is 11.8 Å². The molecule has 1 saturated carbocycles. The summed E-state index contributed by atoms with van der Waals surface area (Å²) in [5.74, 6) is 1.44. The fourth-order valence-electron chi connectivity index (χ4n) is 2.99. The molecule has 98 valence electrons. The molecule has 0 radical (unpaired) electrons. The highest BCUT2D eigenvalue weighted by atomic mass is 16.1. The highest BCUT2D eigenvalue weighted by Crippen LogP contribution is 2.28. The second-order valence-corrected chi connectivity index (χ2v) is 6.04. The molecule has 2 rings (SSSR count). The molecule has 1 aliphatic heterocycles. The molecular formula is C14H26N2O. The summed E-state index contributed by atoms with van der Waals surface area (Å²) in [6.45, 7) is 4.53. The summed E-state index contributed by atoms with van der Waals surface area (Å²) >= 11 is 0. The van der Waals surface area contributed by atoms with Gasteiger partial charge in [0.15, 0.2) is 0 Å². The Bertz CT molecular complexity index is 251. The van der Waals surface area contributed by atoms with Crippen LogP contribution in [0.1, 0.15) is 45.4 Å². The first kappa shape index (κ1) is 12.9. The number of rotatable bonds is 2. The molecule has 0 aromatic rings. The van der Waals surface area contributed by atoms with Crippen molar-refractivity contribution in [3.8, 4) is 0 Å². The molecule has 1 amide bonds. The number of nitrogens with one attached hydrogen (secondary N) is 1. The predicted molar refractivity (Wildman–Crippen MR) is 69.8 cm³/mol. The van der Waals surface area contributed by atoms with E-state index in [9.17, 15) is 4.79 Å². The second-order valence-electron chi connectivity index (χ2n) is 6.04. The Morgan fingerprint density at radius 3 is 2.24 bits per heavy atom. The molecule has 3 nitrogen and oxygen atoms in total. The highest BCUT2D eigenvalue weighted by molar-refractivity contribution is 5.79. The number of hydrogen-bond donors (Lipinski definition) is 1. The van der Waals surface area contributed by atoms with Crippen LogP contribution in [0.15, 0.2) is 0 Å². The number of carbonyl (C=O) groups is 1. The zero-order valence-corrected chi connectivity index (χ0v) is 11.2. The van der Waals surface area contributed by atoms with Crippen LogP contribution < -0.4 is 5.32 Å². The first-order valence-corrected chi connectivity index (χ1v) is 7.14. The van der Waals surface area contributed by atoms with Crippen LogP contribution in [0, 0.1) is 11.8 Å². The van der Waals surface area contributed by atoms with E-state index in [1.807, 2.05) is 0 Å². The smallest absolute Gasteiger partial charge is 0.223 e. The van der Waals surface area contributed by atoms with Gasteiger partial charge in [-0.15, -0.1) is 0 Å². The SMILES string of the molecule is CC1CCC(C(=O)NC2CCN(C)CC2)CC1. The van der Waals surface area contributed by atoms with Crippen molar-refractivity contribution in [2.75, 3.05) is 20.1 Å². The standard InChI is InChI=1S/C14H26N2O/c1-11-3-5-12(6-4-11)14(17)15-13-7-9-16(2)10-8-13/h11-13H,3-10H2,1-2H3,(H,15,17). The average Bonchev–Trinajstić information content (AvgIpc) is 2.33. The summed E-state index contributed by atoms with van der Waals surface area (Å²) in [6, 6.07) is 0.429. The van der Waals surface area contributed by atoms with Gasteiger partial charge in [0.1, 0.15) is 0 Å². The highest BCUT2D eigenvalue weighted by Gasteiger charge is 2.26. The molecular weight excluding hydrogens is 212 g/mol. The van der Waals surface area contributed by atoms with Crippen LogP contribution in [-0.4, -0.2) is 37.0 Å². The lowest BCUT2D eigenvalue weighted by Gasteiger charge is -2.32. The van der Waals surface area contributed by atoms with E-state index in [0.717, 1.165) is 44.7 Å². The first-order valence-electron chi connectivity index (χ1n) is 7.14. The predicted octanol–water partition coefficient (Wildman–Crippen LogP) is 2.02. The summed E-state index contributed by atoms with van der Waals surface area (Å²) in [5.41, 5.74) is 0. The minimum atomic E-state index is 0.297. The fraction of sp³-hybridized carbons (Fsp3) is 0.929. The van der Waals surface area contributed by atoms with Crippen molar-refractivity contribution in [1.29, 1.82) is 0 Å². The Kier molecular flexibility index (Phi) is 4.43. The Labute approximate surface area is 105 Å². The quantitative estimate of drug-likeness (QED) is 0.798. The molecule has 0 unspecified atom stereocenters. The van der Waals surface area contributed by atoms with Crippen LogP contribution in [0.2, 0.25) is 0 Å². The largest absolute Gasteiger partial charge is 0.353 e. The average molecular weight is 238 g/mol. The molecule has 2 fully saturated rings. The Balaban J connectivity index is 1.73.